The van der Waals surface area contributed by atoms with Gasteiger partial charge >= 0.3 is 0 Å². The van der Waals surface area contributed by atoms with E-state index in [1.54, 1.807) is 6.92 Å². The minimum atomic E-state index is -0.153. The number of nitrogens with one attached hydrogen (secondary N) is 1. The fourth-order valence-electron chi connectivity index (χ4n) is 2.12. The Bertz CT molecular complexity index is 434. The number of halogens is 2. The van der Waals surface area contributed by atoms with E-state index in [0.29, 0.717) is 0 Å². The van der Waals surface area contributed by atoms with Gasteiger partial charge in [-0.3, -0.25) is 4.79 Å². The van der Waals surface area contributed by atoms with Crippen LogP contribution >= 0.6 is 35.8 Å². The molecule has 0 bridgehead atoms. The van der Waals surface area contributed by atoms with Crippen molar-refractivity contribution >= 4 is 40.9 Å². The molecule has 1 aromatic rings. The van der Waals surface area contributed by atoms with Crippen LogP contribution in [0.15, 0.2) is 24.3 Å². The summed E-state index contributed by atoms with van der Waals surface area (Å²) in [7, 11) is 0. The molecule has 5 heteroatoms. The second-order valence-corrected chi connectivity index (χ2v) is 7.26. The zero-order chi connectivity index (χ0) is 15.2. The van der Waals surface area contributed by atoms with E-state index in [1.807, 2.05) is 24.3 Å². The number of carbonyl (C=O) groups is 1. The van der Waals surface area contributed by atoms with Crippen molar-refractivity contribution in [1.82, 2.24) is 5.32 Å². The van der Waals surface area contributed by atoms with Crippen molar-refractivity contribution in [3.63, 3.8) is 0 Å². The normalized spacial score (nSPS) is 12.6. The molecule has 0 aliphatic carbocycles. The topological polar surface area (TPSA) is 29.1 Å². The summed E-state index contributed by atoms with van der Waals surface area (Å²) in [6, 6.07) is 7.78. The first-order valence-corrected chi connectivity index (χ1v) is 8.30. The van der Waals surface area contributed by atoms with Crippen LogP contribution in [0.5, 0.6) is 0 Å². The summed E-state index contributed by atoms with van der Waals surface area (Å²) in [5.74, 6) is 0. The van der Waals surface area contributed by atoms with Crippen LogP contribution < -0.4 is 5.32 Å². The predicted molar refractivity (Wildman–Crippen MR) is 96.7 cm³/mol. The molecule has 0 amide bonds. The molecule has 0 radical (unpaired) electrons. The SMILES string of the molecule is CCCCNC(C)(C)C(SC(C)=O)c1ccc(Cl)cc1.Cl. The molecule has 0 saturated carbocycles. The van der Waals surface area contributed by atoms with Crippen LogP contribution in [0.2, 0.25) is 5.02 Å². The Hall–Kier alpha value is -0.220. The second-order valence-electron chi connectivity index (χ2n) is 5.54. The highest BCUT2D eigenvalue weighted by Crippen LogP contribution is 2.39. The molecule has 0 fully saturated rings. The number of hydrogen-bond acceptors (Lipinski definition) is 3. The molecule has 21 heavy (non-hydrogen) atoms. The Morgan fingerprint density at radius 3 is 2.38 bits per heavy atom. The molecule has 0 spiro atoms. The Kier molecular flexibility index (Phi) is 9.63. The van der Waals surface area contributed by atoms with Crippen LogP contribution in [0.1, 0.15) is 51.3 Å². The molecule has 2 nitrogen and oxygen atoms in total. The van der Waals surface area contributed by atoms with E-state index >= 15 is 0 Å². The van der Waals surface area contributed by atoms with Crippen LogP contribution in [0.3, 0.4) is 0 Å². The van der Waals surface area contributed by atoms with E-state index in [0.717, 1.165) is 30.0 Å². The highest BCUT2D eigenvalue weighted by Gasteiger charge is 2.31. The summed E-state index contributed by atoms with van der Waals surface area (Å²) in [5.41, 5.74) is 0.975. The van der Waals surface area contributed by atoms with Crippen LogP contribution in [-0.2, 0) is 4.79 Å². The number of unbranched alkanes of at least 4 members (excludes halogenated alkanes) is 1. The Morgan fingerprint density at radius 2 is 1.90 bits per heavy atom. The van der Waals surface area contributed by atoms with Crippen molar-refractivity contribution in [1.29, 1.82) is 0 Å². The highest BCUT2D eigenvalue weighted by atomic mass is 35.5. The van der Waals surface area contributed by atoms with E-state index in [4.69, 9.17) is 11.6 Å². The number of rotatable bonds is 7. The first kappa shape index (κ1) is 20.8. The fourth-order valence-corrected chi connectivity index (χ4v) is 3.24. The molecule has 1 aromatic carbocycles. The van der Waals surface area contributed by atoms with Crippen molar-refractivity contribution in [3.05, 3.63) is 34.9 Å². The van der Waals surface area contributed by atoms with Crippen molar-refractivity contribution < 1.29 is 4.79 Å². The minimum absolute atomic E-state index is 0. The number of carbonyl (C=O) groups excluding carboxylic acids is 1. The summed E-state index contributed by atoms with van der Waals surface area (Å²) in [6.45, 7) is 9.06. The van der Waals surface area contributed by atoms with Gasteiger partial charge in [-0.15, -0.1) is 12.4 Å². The third-order valence-electron chi connectivity index (χ3n) is 3.22. The zero-order valence-corrected chi connectivity index (χ0v) is 15.5. The van der Waals surface area contributed by atoms with Crippen LogP contribution in [0.25, 0.3) is 0 Å². The van der Waals surface area contributed by atoms with E-state index in [9.17, 15) is 4.79 Å². The van der Waals surface area contributed by atoms with Gasteiger partial charge in [-0.25, -0.2) is 0 Å². The molecule has 120 valence electrons. The summed E-state index contributed by atoms with van der Waals surface area (Å²) in [5, 5.41) is 4.50. The third-order valence-corrected chi connectivity index (χ3v) is 4.90. The Morgan fingerprint density at radius 1 is 1.33 bits per heavy atom. The fraction of sp³-hybridized carbons (Fsp3) is 0.562. The van der Waals surface area contributed by atoms with E-state index in [1.165, 1.54) is 11.8 Å². The van der Waals surface area contributed by atoms with Crippen LogP contribution in [0, 0.1) is 0 Å². The van der Waals surface area contributed by atoms with Gasteiger partial charge in [0.2, 0.25) is 0 Å². The van der Waals surface area contributed by atoms with Crippen molar-refractivity contribution in [2.45, 2.75) is 51.3 Å². The van der Waals surface area contributed by atoms with Crippen LogP contribution in [0.4, 0.5) is 0 Å². The highest BCUT2D eigenvalue weighted by molar-refractivity contribution is 8.13. The van der Waals surface area contributed by atoms with Crippen molar-refractivity contribution in [2.75, 3.05) is 6.54 Å². The van der Waals surface area contributed by atoms with Gasteiger partial charge in [0.15, 0.2) is 5.12 Å². The molecule has 0 aliphatic heterocycles. The number of benzene rings is 1. The smallest absolute Gasteiger partial charge is 0.186 e. The second kappa shape index (κ2) is 9.73. The molecular formula is C16H25Cl2NOS. The van der Waals surface area contributed by atoms with E-state index in [2.05, 4.69) is 26.1 Å². The van der Waals surface area contributed by atoms with Gasteiger partial charge < -0.3 is 5.32 Å². The molecule has 0 aromatic heterocycles. The minimum Gasteiger partial charge on any atom is -0.310 e. The molecule has 0 heterocycles. The van der Waals surface area contributed by atoms with Gasteiger partial charge in [0.1, 0.15) is 0 Å². The monoisotopic (exact) mass is 349 g/mol. The standard InChI is InChI=1S/C16H24ClNOS.ClH/c1-5-6-11-18-16(3,4)15(20-12(2)19)13-7-9-14(17)10-8-13;/h7-10,15,18H,5-6,11H2,1-4H3;1H. The first-order chi connectivity index (χ1) is 9.36. The molecule has 1 rings (SSSR count). The summed E-state index contributed by atoms with van der Waals surface area (Å²) >= 11 is 7.33. The number of thioether (sulfide) groups is 1. The maximum Gasteiger partial charge on any atom is 0.186 e. The molecule has 1 atom stereocenters. The maximum atomic E-state index is 11.6. The quantitative estimate of drug-likeness (QED) is 0.681. The van der Waals surface area contributed by atoms with Gasteiger partial charge in [-0.05, 0) is 44.5 Å². The van der Waals surface area contributed by atoms with E-state index < -0.39 is 0 Å². The predicted octanol–water partition coefficient (Wildman–Crippen LogP) is 5.25. The molecular weight excluding hydrogens is 325 g/mol. The lowest BCUT2D eigenvalue weighted by Gasteiger charge is -2.35. The molecule has 0 saturated heterocycles. The molecule has 1 N–H and O–H groups in total. The Labute approximate surface area is 143 Å². The summed E-state index contributed by atoms with van der Waals surface area (Å²) < 4.78 is 0. The average Bonchev–Trinajstić information content (AvgIpc) is 2.37. The Balaban J connectivity index is 0.00000400. The number of hydrogen-bond donors (Lipinski definition) is 1. The first-order valence-electron chi connectivity index (χ1n) is 7.04. The lowest BCUT2D eigenvalue weighted by Crippen LogP contribution is -2.44. The average molecular weight is 350 g/mol. The van der Waals surface area contributed by atoms with E-state index in [-0.39, 0.29) is 28.3 Å². The van der Waals surface area contributed by atoms with Gasteiger partial charge in [-0.2, -0.15) is 0 Å². The van der Waals surface area contributed by atoms with Crippen molar-refractivity contribution in [2.24, 2.45) is 0 Å². The van der Waals surface area contributed by atoms with Gasteiger partial charge in [0.25, 0.3) is 0 Å². The lowest BCUT2D eigenvalue weighted by atomic mass is 9.94. The lowest BCUT2D eigenvalue weighted by molar-refractivity contribution is -0.109. The largest absolute Gasteiger partial charge is 0.310 e. The van der Waals surface area contributed by atoms with Crippen LogP contribution in [-0.4, -0.2) is 17.2 Å². The molecule has 0 aliphatic rings. The zero-order valence-electron chi connectivity index (χ0n) is 13.1. The van der Waals surface area contributed by atoms with Crippen molar-refractivity contribution in [3.8, 4) is 0 Å². The summed E-state index contributed by atoms with van der Waals surface area (Å²) in [4.78, 5) is 11.6. The van der Waals surface area contributed by atoms with Gasteiger partial charge in [-0.1, -0.05) is 48.8 Å². The van der Waals surface area contributed by atoms with Gasteiger partial charge in [0, 0.05) is 17.5 Å². The van der Waals surface area contributed by atoms with Gasteiger partial charge in [0.05, 0.1) is 5.25 Å². The molecule has 1 unspecified atom stereocenters. The third kappa shape index (κ3) is 7.05. The summed E-state index contributed by atoms with van der Waals surface area (Å²) in [6.07, 6.45) is 2.30. The maximum absolute atomic E-state index is 11.6.